The lowest BCUT2D eigenvalue weighted by Crippen LogP contribution is -2.54. The first-order valence-corrected chi connectivity index (χ1v) is 4.79. The molecule has 1 aliphatic rings. The second kappa shape index (κ2) is 3.58. The molecule has 1 aromatic heterocycles. The molecule has 15 heavy (non-hydrogen) atoms. The zero-order valence-electron chi connectivity index (χ0n) is 7.77. The summed E-state index contributed by atoms with van der Waals surface area (Å²) in [7, 11) is 0. The van der Waals surface area contributed by atoms with Crippen LogP contribution in [-0.2, 0) is 4.79 Å². The van der Waals surface area contributed by atoms with Crippen LogP contribution < -0.4 is 5.73 Å². The first-order valence-electron chi connectivity index (χ1n) is 4.41. The molecule has 0 spiro atoms. The minimum Gasteiger partial charge on any atom is -0.452 e. The molecule has 1 aliphatic heterocycles. The van der Waals surface area contributed by atoms with E-state index >= 15 is 0 Å². The molecule has 0 bridgehead atoms. The normalized spacial score (nSPS) is 16.2. The zero-order valence-corrected chi connectivity index (χ0v) is 8.53. The number of rotatable bonds is 2. The van der Waals surface area contributed by atoms with Crippen molar-refractivity contribution in [2.24, 2.45) is 11.7 Å². The number of nitrogens with two attached hydrogens (primary N) is 1. The topological polar surface area (TPSA) is 76.5 Å². The van der Waals surface area contributed by atoms with Crippen LogP contribution in [0.1, 0.15) is 10.4 Å². The van der Waals surface area contributed by atoms with Crippen LogP contribution in [0, 0.1) is 5.92 Å². The van der Waals surface area contributed by atoms with Crippen LogP contribution in [0.15, 0.2) is 16.7 Å². The highest BCUT2D eigenvalue weighted by atomic mass is 35.5. The summed E-state index contributed by atoms with van der Waals surface area (Å²) in [6.07, 6.45) is 1.35. The number of halogens is 1. The third kappa shape index (κ3) is 1.70. The molecular weight excluding hydrogens is 220 g/mol. The Kier molecular flexibility index (Phi) is 2.40. The van der Waals surface area contributed by atoms with Gasteiger partial charge in [-0.25, -0.2) is 0 Å². The smallest absolute Gasteiger partial charge is 0.258 e. The van der Waals surface area contributed by atoms with Crippen LogP contribution in [0.3, 0.4) is 0 Å². The van der Waals surface area contributed by atoms with E-state index < -0.39 is 0 Å². The maximum Gasteiger partial charge on any atom is 0.258 e. The summed E-state index contributed by atoms with van der Waals surface area (Å²) in [5.74, 6) is -0.844. The Morgan fingerprint density at radius 2 is 2.20 bits per heavy atom. The van der Waals surface area contributed by atoms with E-state index in [-0.39, 0.29) is 23.0 Å². The molecule has 2 rings (SSSR count). The quantitative estimate of drug-likeness (QED) is 0.800. The van der Waals surface area contributed by atoms with Gasteiger partial charge in [0.2, 0.25) is 11.1 Å². The maximum atomic E-state index is 11.7. The lowest BCUT2D eigenvalue weighted by atomic mass is 9.99. The number of likely N-dealkylation sites (tertiary alicyclic amines) is 1. The van der Waals surface area contributed by atoms with E-state index in [1.54, 1.807) is 0 Å². The fourth-order valence-corrected chi connectivity index (χ4v) is 1.64. The van der Waals surface area contributed by atoms with E-state index in [1.807, 2.05) is 0 Å². The van der Waals surface area contributed by atoms with Crippen LogP contribution in [-0.4, -0.2) is 29.8 Å². The third-order valence-corrected chi connectivity index (χ3v) is 2.71. The van der Waals surface area contributed by atoms with Gasteiger partial charge < -0.3 is 15.1 Å². The summed E-state index contributed by atoms with van der Waals surface area (Å²) in [4.78, 5) is 24.0. The Morgan fingerprint density at radius 1 is 1.53 bits per heavy atom. The number of hydrogen-bond acceptors (Lipinski definition) is 3. The SMILES string of the molecule is NC(=O)C1CN(C(=O)c2ccoc2Cl)C1. The predicted molar refractivity (Wildman–Crippen MR) is 52.3 cm³/mol. The van der Waals surface area contributed by atoms with E-state index in [0.29, 0.717) is 18.7 Å². The van der Waals surface area contributed by atoms with Crippen molar-refractivity contribution in [3.8, 4) is 0 Å². The highest BCUT2D eigenvalue weighted by Gasteiger charge is 2.35. The van der Waals surface area contributed by atoms with Crippen LogP contribution in [0.2, 0.25) is 5.22 Å². The Labute approximate surface area is 90.8 Å². The second-order valence-electron chi connectivity index (χ2n) is 3.42. The van der Waals surface area contributed by atoms with Crippen LogP contribution >= 0.6 is 11.6 Å². The van der Waals surface area contributed by atoms with Gasteiger partial charge in [-0.2, -0.15) is 0 Å². The zero-order chi connectivity index (χ0) is 11.0. The van der Waals surface area contributed by atoms with E-state index in [0.717, 1.165) is 0 Å². The summed E-state index contributed by atoms with van der Waals surface area (Å²) in [5, 5.41) is 0.0718. The van der Waals surface area contributed by atoms with Gasteiger partial charge in [0, 0.05) is 13.1 Å². The van der Waals surface area contributed by atoms with Crippen molar-refractivity contribution in [1.82, 2.24) is 4.90 Å². The summed E-state index contributed by atoms with van der Waals surface area (Å²) in [6.45, 7) is 0.714. The Balaban J connectivity index is 2.01. The first-order chi connectivity index (χ1) is 7.09. The number of furan rings is 1. The molecule has 0 aliphatic carbocycles. The van der Waals surface area contributed by atoms with E-state index in [9.17, 15) is 9.59 Å². The molecule has 2 amide bonds. The Hall–Kier alpha value is -1.49. The van der Waals surface area contributed by atoms with Gasteiger partial charge in [0.1, 0.15) is 0 Å². The van der Waals surface area contributed by atoms with Crippen LogP contribution in [0.5, 0.6) is 0 Å². The molecule has 2 N–H and O–H groups in total. The fourth-order valence-electron chi connectivity index (χ4n) is 1.44. The Bertz CT molecular complexity index is 409. The predicted octanol–water partition coefficient (Wildman–Crippen LogP) is 0.490. The van der Waals surface area contributed by atoms with Gasteiger partial charge in [-0.05, 0) is 17.7 Å². The van der Waals surface area contributed by atoms with Crippen molar-refractivity contribution in [2.75, 3.05) is 13.1 Å². The number of hydrogen-bond donors (Lipinski definition) is 1. The molecule has 0 saturated carbocycles. The number of nitrogens with zero attached hydrogens (tertiary/aromatic N) is 1. The summed E-state index contributed by atoms with van der Waals surface area (Å²) < 4.78 is 4.80. The third-order valence-electron chi connectivity index (χ3n) is 2.42. The highest BCUT2D eigenvalue weighted by Crippen LogP contribution is 2.23. The summed E-state index contributed by atoms with van der Waals surface area (Å²) in [5.41, 5.74) is 5.41. The largest absolute Gasteiger partial charge is 0.452 e. The molecule has 6 heteroatoms. The van der Waals surface area contributed by atoms with Gasteiger partial charge in [0.15, 0.2) is 0 Å². The molecule has 80 valence electrons. The standard InChI is InChI=1S/C9H9ClN2O3/c10-7-6(1-2-15-7)9(14)12-3-5(4-12)8(11)13/h1-2,5H,3-4H2,(H2,11,13). The molecule has 1 aromatic rings. The van der Waals surface area contributed by atoms with Gasteiger partial charge in [-0.1, -0.05) is 0 Å². The molecule has 5 nitrogen and oxygen atoms in total. The minimum absolute atomic E-state index is 0.0718. The number of carbonyl (C=O) groups excluding carboxylic acids is 2. The molecule has 0 aromatic carbocycles. The highest BCUT2D eigenvalue weighted by molar-refractivity contribution is 6.32. The van der Waals surface area contributed by atoms with E-state index in [1.165, 1.54) is 17.2 Å². The fraction of sp³-hybridized carbons (Fsp3) is 0.333. The van der Waals surface area contributed by atoms with E-state index in [4.69, 9.17) is 21.8 Å². The number of carbonyl (C=O) groups is 2. The average Bonchev–Trinajstić information content (AvgIpc) is 2.47. The van der Waals surface area contributed by atoms with Crippen molar-refractivity contribution >= 4 is 23.4 Å². The molecule has 2 heterocycles. The number of primary amides is 1. The molecular formula is C9H9ClN2O3. The Morgan fingerprint density at radius 3 is 2.67 bits per heavy atom. The van der Waals surface area contributed by atoms with Crippen molar-refractivity contribution in [2.45, 2.75) is 0 Å². The molecule has 0 unspecified atom stereocenters. The average molecular weight is 229 g/mol. The molecule has 0 atom stereocenters. The summed E-state index contributed by atoms with van der Waals surface area (Å²) >= 11 is 5.65. The van der Waals surface area contributed by atoms with Gasteiger partial charge in [-0.15, -0.1) is 0 Å². The summed E-state index contributed by atoms with van der Waals surface area (Å²) in [6, 6.07) is 1.50. The van der Waals surface area contributed by atoms with Crippen molar-refractivity contribution < 1.29 is 14.0 Å². The molecule has 1 saturated heterocycles. The van der Waals surface area contributed by atoms with Crippen LogP contribution in [0.25, 0.3) is 0 Å². The lowest BCUT2D eigenvalue weighted by molar-refractivity contribution is -0.125. The minimum atomic E-state index is -0.377. The maximum absolute atomic E-state index is 11.7. The van der Waals surface area contributed by atoms with Crippen molar-refractivity contribution in [3.05, 3.63) is 23.1 Å². The molecule has 0 radical (unpaired) electrons. The van der Waals surface area contributed by atoms with Gasteiger partial charge in [-0.3, -0.25) is 9.59 Å². The molecule has 1 fully saturated rings. The lowest BCUT2D eigenvalue weighted by Gasteiger charge is -2.37. The van der Waals surface area contributed by atoms with Crippen LogP contribution in [0.4, 0.5) is 0 Å². The monoisotopic (exact) mass is 228 g/mol. The van der Waals surface area contributed by atoms with Gasteiger partial charge in [0.05, 0.1) is 17.7 Å². The number of amides is 2. The van der Waals surface area contributed by atoms with Crippen molar-refractivity contribution in [3.63, 3.8) is 0 Å². The second-order valence-corrected chi connectivity index (χ2v) is 3.76. The van der Waals surface area contributed by atoms with E-state index in [2.05, 4.69) is 0 Å². The first kappa shape index (κ1) is 10.0. The van der Waals surface area contributed by atoms with Gasteiger partial charge in [0.25, 0.3) is 5.91 Å². The van der Waals surface area contributed by atoms with Crippen molar-refractivity contribution in [1.29, 1.82) is 0 Å². The van der Waals surface area contributed by atoms with Gasteiger partial charge >= 0.3 is 0 Å².